The van der Waals surface area contributed by atoms with Crippen molar-refractivity contribution in [3.05, 3.63) is 35.2 Å². The van der Waals surface area contributed by atoms with E-state index in [9.17, 15) is 13.2 Å². The Labute approximate surface area is 154 Å². The summed E-state index contributed by atoms with van der Waals surface area (Å²) in [5, 5.41) is 1.60. The molecule has 2 aliphatic rings. The Morgan fingerprint density at radius 3 is 2.54 bits per heavy atom. The predicted octanol–water partition coefficient (Wildman–Crippen LogP) is 5.57. The van der Waals surface area contributed by atoms with Crippen molar-refractivity contribution in [2.24, 2.45) is 5.41 Å². The molecule has 24 heavy (non-hydrogen) atoms. The molecule has 0 N–H and O–H groups in total. The van der Waals surface area contributed by atoms with Gasteiger partial charge in [0, 0.05) is 22.0 Å². The average molecular weight is 464 g/mol. The van der Waals surface area contributed by atoms with Gasteiger partial charge in [0.2, 0.25) is 0 Å². The fourth-order valence-corrected chi connectivity index (χ4v) is 6.61. The minimum absolute atomic E-state index is 0.0247. The van der Waals surface area contributed by atoms with E-state index in [1.54, 1.807) is 0 Å². The normalized spacial score (nSPS) is 31.7. The Hall–Kier alpha value is -0.690. The summed E-state index contributed by atoms with van der Waals surface area (Å²) in [5.41, 5.74) is 1.90. The van der Waals surface area contributed by atoms with Gasteiger partial charge in [-0.15, -0.1) is 0 Å². The maximum atomic E-state index is 13.0. The van der Waals surface area contributed by atoms with E-state index in [-0.39, 0.29) is 16.7 Å². The summed E-state index contributed by atoms with van der Waals surface area (Å²) in [6.45, 7) is 2.23. The Balaban J connectivity index is 1.96. The number of aromatic nitrogens is 2. The lowest BCUT2D eigenvalue weighted by atomic mass is 9.70. The highest BCUT2D eigenvalue weighted by Gasteiger charge is 2.65. The third-order valence-electron chi connectivity index (χ3n) is 6.03. The average Bonchev–Trinajstić information content (AvgIpc) is 2.96. The molecule has 2 aromatic rings. The molecule has 0 spiro atoms. The molecule has 0 aliphatic heterocycles. The summed E-state index contributed by atoms with van der Waals surface area (Å²) in [5.74, 6) is 0.232. The highest BCUT2D eigenvalue weighted by Crippen LogP contribution is 2.68. The zero-order chi connectivity index (χ0) is 17.3. The summed E-state index contributed by atoms with van der Waals surface area (Å²) < 4.78 is 38.9. The Kier molecular flexibility index (Phi) is 3.60. The number of halogens is 5. The van der Waals surface area contributed by atoms with Crippen LogP contribution in [0.2, 0.25) is 0 Å². The highest BCUT2D eigenvalue weighted by atomic mass is 79.9. The van der Waals surface area contributed by atoms with E-state index < -0.39 is 11.7 Å². The van der Waals surface area contributed by atoms with Crippen molar-refractivity contribution in [1.29, 1.82) is 0 Å². The standard InChI is InChI=1S/C17H15Br2F3N2/c1-15(7-18)10-4-5-16(15,8-19)14-13(10)23-12-6-9(17(20,21)22)2-3-11(12)24-14/h2-3,6,10H,4-5,7-8H2,1H3. The lowest BCUT2D eigenvalue weighted by Gasteiger charge is -2.38. The van der Waals surface area contributed by atoms with Crippen LogP contribution in [-0.4, -0.2) is 20.6 Å². The second-order valence-corrected chi connectivity index (χ2v) is 8.14. The molecule has 0 radical (unpaired) electrons. The van der Waals surface area contributed by atoms with Crippen molar-refractivity contribution in [1.82, 2.24) is 9.97 Å². The van der Waals surface area contributed by atoms with Crippen molar-refractivity contribution in [3.8, 4) is 0 Å². The third-order valence-corrected chi connectivity index (χ3v) is 8.15. The fourth-order valence-electron chi connectivity index (χ4n) is 4.50. The molecule has 1 aromatic heterocycles. The molecule has 4 rings (SSSR count). The molecule has 128 valence electrons. The summed E-state index contributed by atoms with van der Waals surface area (Å²) in [6.07, 6.45) is -2.34. The molecule has 1 saturated carbocycles. The zero-order valence-corrected chi connectivity index (χ0v) is 16.1. The summed E-state index contributed by atoms with van der Waals surface area (Å²) in [4.78, 5) is 9.41. The lowest BCUT2D eigenvalue weighted by Crippen LogP contribution is -2.40. The molecule has 1 fully saturated rings. The second-order valence-electron chi connectivity index (χ2n) is 7.02. The van der Waals surface area contributed by atoms with E-state index in [2.05, 4.69) is 43.8 Å². The highest BCUT2D eigenvalue weighted by molar-refractivity contribution is 9.09. The first-order valence-corrected chi connectivity index (χ1v) is 10.0. The number of alkyl halides is 5. The quantitative estimate of drug-likeness (QED) is 0.544. The maximum Gasteiger partial charge on any atom is 0.416 e. The van der Waals surface area contributed by atoms with E-state index in [0.717, 1.165) is 47.0 Å². The Bertz CT molecular complexity index is 838. The fraction of sp³-hybridized carbons (Fsp3) is 0.529. The van der Waals surface area contributed by atoms with Gasteiger partial charge in [-0.25, -0.2) is 9.97 Å². The van der Waals surface area contributed by atoms with Gasteiger partial charge in [0.25, 0.3) is 0 Å². The number of hydrogen-bond acceptors (Lipinski definition) is 2. The van der Waals surface area contributed by atoms with Gasteiger partial charge in [-0.1, -0.05) is 38.8 Å². The number of benzene rings is 1. The first-order chi connectivity index (χ1) is 11.3. The first-order valence-electron chi connectivity index (χ1n) is 7.78. The summed E-state index contributed by atoms with van der Waals surface area (Å²) in [6, 6.07) is 3.63. The van der Waals surface area contributed by atoms with Gasteiger partial charge in [-0.3, -0.25) is 0 Å². The predicted molar refractivity (Wildman–Crippen MR) is 93.9 cm³/mol. The van der Waals surface area contributed by atoms with Crippen LogP contribution < -0.4 is 0 Å². The molecule has 2 aliphatic carbocycles. The number of hydrogen-bond donors (Lipinski definition) is 0. The van der Waals surface area contributed by atoms with Crippen molar-refractivity contribution in [3.63, 3.8) is 0 Å². The molecule has 3 atom stereocenters. The molecule has 1 heterocycles. The third kappa shape index (κ3) is 1.94. The number of rotatable bonds is 2. The monoisotopic (exact) mass is 462 g/mol. The van der Waals surface area contributed by atoms with Crippen molar-refractivity contribution in [2.45, 2.75) is 37.3 Å². The minimum atomic E-state index is -4.37. The molecule has 7 heteroatoms. The van der Waals surface area contributed by atoms with Crippen molar-refractivity contribution in [2.75, 3.05) is 10.7 Å². The maximum absolute atomic E-state index is 13.0. The van der Waals surface area contributed by atoms with E-state index in [1.165, 1.54) is 6.07 Å². The van der Waals surface area contributed by atoms with Crippen LogP contribution in [0, 0.1) is 5.41 Å². The first kappa shape index (κ1) is 16.8. The molecule has 2 bridgehead atoms. The molecule has 3 unspecified atom stereocenters. The molecular formula is C17H15Br2F3N2. The van der Waals surface area contributed by atoms with Crippen LogP contribution in [0.1, 0.15) is 42.6 Å². The second kappa shape index (κ2) is 5.16. The van der Waals surface area contributed by atoms with Gasteiger partial charge < -0.3 is 0 Å². The number of nitrogens with zero attached hydrogens (tertiary/aromatic N) is 2. The Morgan fingerprint density at radius 2 is 1.92 bits per heavy atom. The topological polar surface area (TPSA) is 25.8 Å². The van der Waals surface area contributed by atoms with Gasteiger partial charge in [-0.2, -0.15) is 13.2 Å². The lowest BCUT2D eigenvalue weighted by molar-refractivity contribution is -0.137. The minimum Gasteiger partial charge on any atom is -0.249 e. The van der Waals surface area contributed by atoms with E-state index >= 15 is 0 Å². The van der Waals surface area contributed by atoms with E-state index in [4.69, 9.17) is 4.98 Å². The molecule has 2 nitrogen and oxygen atoms in total. The molecule has 0 saturated heterocycles. The van der Waals surface area contributed by atoms with Crippen molar-refractivity contribution >= 4 is 42.9 Å². The molecule has 0 amide bonds. The van der Waals surface area contributed by atoms with Crippen LogP contribution in [-0.2, 0) is 11.6 Å². The SMILES string of the molecule is CC1(CBr)C2CCC1(CBr)c1nc3ccc(C(F)(F)F)cc3nc12. The van der Waals surface area contributed by atoms with Gasteiger partial charge in [0.1, 0.15) is 0 Å². The molecule has 1 aromatic carbocycles. The summed E-state index contributed by atoms with van der Waals surface area (Å²) in [7, 11) is 0. The van der Waals surface area contributed by atoms with Gasteiger partial charge >= 0.3 is 6.18 Å². The smallest absolute Gasteiger partial charge is 0.249 e. The largest absolute Gasteiger partial charge is 0.416 e. The zero-order valence-electron chi connectivity index (χ0n) is 12.9. The van der Waals surface area contributed by atoms with Crippen LogP contribution in [0.15, 0.2) is 18.2 Å². The van der Waals surface area contributed by atoms with Crippen LogP contribution in [0.3, 0.4) is 0 Å². The van der Waals surface area contributed by atoms with Gasteiger partial charge in [-0.05, 0) is 36.5 Å². The Morgan fingerprint density at radius 1 is 1.17 bits per heavy atom. The van der Waals surface area contributed by atoms with E-state index in [0.29, 0.717) is 11.0 Å². The van der Waals surface area contributed by atoms with Crippen molar-refractivity contribution < 1.29 is 13.2 Å². The van der Waals surface area contributed by atoms with Crippen LogP contribution in [0.4, 0.5) is 13.2 Å². The van der Waals surface area contributed by atoms with Crippen LogP contribution in [0.5, 0.6) is 0 Å². The van der Waals surface area contributed by atoms with Gasteiger partial charge in [0.15, 0.2) is 0 Å². The van der Waals surface area contributed by atoms with E-state index in [1.807, 2.05) is 0 Å². The summed E-state index contributed by atoms with van der Waals surface area (Å²) >= 11 is 7.33. The van der Waals surface area contributed by atoms with Crippen LogP contribution in [0.25, 0.3) is 11.0 Å². The number of fused-ring (bicyclic) bond motifs is 6. The van der Waals surface area contributed by atoms with Gasteiger partial charge in [0.05, 0.1) is 28.0 Å². The van der Waals surface area contributed by atoms with Crippen LogP contribution >= 0.6 is 31.9 Å². The molecular weight excluding hydrogens is 449 g/mol.